The molecule has 6 nitrogen and oxygen atoms in total. The highest BCUT2D eigenvalue weighted by molar-refractivity contribution is 6.26. The molecule has 0 unspecified atom stereocenters. The molecule has 7 aromatic carbocycles. The summed E-state index contributed by atoms with van der Waals surface area (Å²) in [6.45, 7) is 0. The second kappa shape index (κ2) is 10.7. The van der Waals surface area contributed by atoms with Gasteiger partial charge in [0.25, 0.3) is 5.78 Å². The molecule has 0 fully saturated rings. The number of hydrogen-bond acceptors (Lipinski definition) is 3. The van der Waals surface area contributed by atoms with Crippen molar-refractivity contribution < 1.29 is 0 Å². The summed E-state index contributed by atoms with van der Waals surface area (Å²) in [5, 5.41) is 11.0. The zero-order chi connectivity index (χ0) is 33.5. The van der Waals surface area contributed by atoms with Crippen LogP contribution in [0.3, 0.4) is 0 Å². The molecule has 0 saturated carbocycles. The lowest BCUT2D eigenvalue weighted by Crippen LogP contribution is -1.97. The van der Waals surface area contributed by atoms with Gasteiger partial charge in [-0.25, -0.2) is 4.98 Å². The smallest absolute Gasteiger partial charge is 0.253 e. The highest BCUT2D eigenvalue weighted by Gasteiger charge is 2.21. The van der Waals surface area contributed by atoms with Gasteiger partial charge in [0, 0.05) is 49.4 Å². The van der Waals surface area contributed by atoms with E-state index in [4.69, 9.17) is 15.1 Å². The first-order chi connectivity index (χ1) is 25.3. The van der Waals surface area contributed by atoms with Gasteiger partial charge in [0.15, 0.2) is 5.82 Å². The van der Waals surface area contributed by atoms with Crippen molar-refractivity contribution in [3.63, 3.8) is 0 Å². The Bertz CT molecular complexity index is 3130. The Morgan fingerprint density at radius 3 is 1.82 bits per heavy atom. The quantitative estimate of drug-likeness (QED) is 0.190. The molecule has 0 N–H and O–H groups in total. The molecular weight excluding hydrogens is 625 g/mol. The van der Waals surface area contributed by atoms with Gasteiger partial charge in [-0.3, -0.25) is 0 Å². The van der Waals surface area contributed by atoms with E-state index in [0.29, 0.717) is 11.6 Å². The predicted molar refractivity (Wildman–Crippen MR) is 208 cm³/mol. The fraction of sp³-hybridized carbons (Fsp3) is 0. The minimum atomic E-state index is 0.570. The van der Waals surface area contributed by atoms with Gasteiger partial charge in [-0.2, -0.15) is 9.50 Å². The maximum absolute atomic E-state index is 5.04. The van der Waals surface area contributed by atoms with Crippen LogP contribution in [0.25, 0.3) is 94.3 Å². The summed E-state index contributed by atoms with van der Waals surface area (Å²) in [7, 11) is 0. The van der Waals surface area contributed by atoms with Gasteiger partial charge in [-0.05, 0) is 48.5 Å². The Balaban J connectivity index is 1.15. The molecule has 4 heterocycles. The molecule has 0 aliphatic heterocycles. The van der Waals surface area contributed by atoms with Gasteiger partial charge in [0.1, 0.15) is 0 Å². The average molecular weight is 653 g/mol. The molecular formula is C45H28N6. The lowest BCUT2D eigenvalue weighted by atomic mass is 10.1. The summed E-state index contributed by atoms with van der Waals surface area (Å²) in [6.07, 6.45) is 0. The van der Waals surface area contributed by atoms with E-state index in [1.54, 1.807) is 0 Å². The minimum Gasteiger partial charge on any atom is -0.309 e. The summed E-state index contributed by atoms with van der Waals surface area (Å²) in [5.74, 6) is 1.20. The maximum Gasteiger partial charge on any atom is 0.253 e. The Hall–Kier alpha value is -7.05. The molecule has 0 aliphatic rings. The van der Waals surface area contributed by atoms with Gasteiger partial charge >= 0.3 is 0 Å². The fourth-order valence-electron chi connectivity index (χ4n) is 7.91. The molecule has 0 atom stereocenters. The molecule has 11 aromatic rings. The molecule has 0 aliphatic carbocycles. The van der Waals surface area contributed by atoms with E-state index in [9.17, 15) is 0 Å². The number of rotatable bonds is 4. The van der Waals surface area contributed by atoms with E-state index in [1.165, 1.54) is 32.6 Å². The Kier molecular flexibility index (Phi) is 5.86. The first-order valence-corrected chi connectivity index (χ1v) is 17.1. The zero-order valence-corrected chi connectivity index (χ0v) is 27.3. The number of fused-ring (bicyclic) bond motifs is 10. The van der Waals surface area contributed by atoms with Crippen LogP contribution in [-0.4, -0.2) is 28.7 Å². The normalized spacial score (nSPS) is 11.9. The molecule has 0 bridgehead atoms. The summed E-state index contributed by atoms with van der Waals surface area (Å²) in [5.41, 5.74) is 10.7. The van der Waals surface area contributed by atoms with E-state index in [0.717, 1.165) is 50.1 Å². The average Bonchev–Trinajstić information content (AvgIpc) is 3.89. The lowest BCUT2D eigenvalue weighted by Gasteiger charge is -2.10. The van der Waals surface area contributed by atoms with Crippen molar-refractivity contribution in [2.24, 2.45) is 0 Å². The first-order valence-electron chi connectivity index (χ1n) is 17.1. The standard InChI is InChI=1S/C45H28N6/c1-3-14-29(15-4-1)42-36-22-9-12-25-39(36)51-45(46-42)47-44(48-51)30-16-13-19-32(28-30)49-38-24-11-8-21-35(38)41-40(49)27-26-34-33-20-7-10-23-37(33)50(43(34)41)31-17-5-2-6-18-31/h1-28H. The van der Waals surface area contributed by atoms with Crippen molar-refractivity contribution in [3.05, 3.63) is 170 Å². The van der Waals surface area contributed by atoms with Crippen molar-refractivity contribution in [2.45, 2.75) is 0 Å². The van der Waals surface area contributed by atoms with Crippen LogP contribution in [0.2, 0.25) is 0 Å². The van der Waals surface area contributed by atoms with Gasteiger partial charge in [0.05, 0.1) is 33.3 Å². The summed E-state index contributed by atoms with van der Waals surface area (Å²) in [6, 6.07) is 59.7. The Morgan fingerprint density at radius 1 is 0.392 bits per heavy atom. The van der Waals surface area contributed by atoms with Crippen molar-refractivity contribution in [1.82, 2.24) is 28.7 Å². The SMILES string of the molecule is c1ccc(-c2nc3nc(-c4cccc(-n5c6ccccc6c6c5ccc5c7ccccc7n(-c7ccccc7)c56)c4)nn3c3ccccc23)cc1. The highest BCUT2D eigenvalue weighted by atomic mass is 15.3. The lowest BCUT2D eigenvalue weighted by molar-refractivity contribution is 0.988. The molecule has 51 heavy (non-hydrogen) atoms. The zero-order valence-electron chi connectivity index (χ0n) is 27.3. The van der Waals surface area contributed by atoms with Crippen molar-refractivity contribution in [2.75, 3.05) is 0 Å². The van der Waals surface area contributed by atoms with Crippen LogP contribution in [0.15, 0.2) is 170 Å². The van der Waals surface area contributed by atoms with E-state index in [2.05, 4.69) is 149 Å². The first kappa shape index (κ1) is 27.9. The van der Waals surface area contributed by atoms with E-state index < -0.39 is 0 Å². The number of aromatic nitrogens is 6. The highest BCUT2D eigenvalue weighted by Crippen LogP contribution is 2.42. The summed E-state index contributed by atoms with van der Waals surface area (Å²) < 4.78 is 6.66. The van der Waals surface area contributed by atoms with Crippen molar-refractivity contribution in [1.29, 1.82) is 0 Å². The van der Waals surface area contributed by atoms with Gasteiger partial charge in [-0.1, -0.05) is 121 Å². The van der Waals surface area contributed by atoms with Crippen LogP contribution >= 0.6 is 0 Å². The van der Waals surface area contributed by atoms with E-state index >= 15 is 0 Å². The van der Waals surface area contributed by atoms with E-state index in [-0.39, 0.29) is 0 Å². The summed E-state index contributed by atoms with van der Waals surface area (Å²) >= 11 is 0. The Labute approximate surface area is 292 Å². The molecule has 0 spiro atoms. The van der Waals surface area contributed by atoms with Crippen LogP contribution in [0.1, 0.15) is 0 Å². The van der Waals surface area contributed by atoms with Crippen LogP contribution < -0.4 is 0 Å². The second-order valence-corrected chi connectivity index (χ2v) is 12.9. The molecule has 11 rings (SSSR count). The minimum absolute atomic E-state index is 0.570. The molecule has 4 aromatic heterocycles. The Morgan fingerprint density at radius 2 is 1.02 bits per heavy atom. The van der Waals surface area contributed by atoms with Gasteiger partial charge < -0.3 is 9.13 Å². The van der Waals surface area contributed by atoms with Gasteiger partial charge in [0.2, 0.25) is 0 Å². The monoisotopic (exact) mass is 652 g/mol. The molecule has 0 amide bonds. The molecule has 0 saturated heterocycles. The third kappa shape index (κ3) is 4.07. The van der Waals surface area contributed by atoms with Gasteiger partial charge in [-0.15, -0.1) is 5.10 Å². The third-order valence-electron chi connectivity index (χ3n) is 10.1. The van der Waals surface area contributed by atoms with E-state index in [1.807, 2.05) is 34.8 Å². The van der Waals surface area contributed by atoms with Crippen LogP contribution in [0.4, 0.5) is 0 Å². The van der Waals surface area contributed by atoms with Crippen LogP contribution in [-0.2, 0) is 0 Å². The predicted octanol–water partition coefficient (Wildman–Crippen LogP) is 10.8. The third-order valence-corrected chi connectivity index (χ3v) is 10.1. The van der Waals surface area contributed by atoms with Crippen molar-refractivity contribution >= 4 is 60.3 Å². The number of hydrogen-bond donors (Lipinski definition) is 0. The van der Waals surface area contributed by atoms with Crippen molar-refractivity contribution in [3.8, 4) is 34.0 Å². The second-order valence-electron chi connectivity index (χ2n) is 12.9. The summed E-state index contributed by atoms with van der Waals surface area (Å²) in [4.78, 5) is 10.0. The number of benzene rings is 7. The fourth-order valence-corrected chi connectivity index (χ4v) is 7.91. The van der Waals surface area contributed by atoms with Crippen LogP contribution in [0, 0.1) is 0 Å². The largest absolute Gasteiger partial charge is 0.309 e. The molecule has 0 radical (unpaired) electrons. The molecule has 238 valence electrons. The topological polar surface area (TPSA) is 52.9 Å². The number of nitrogens with zero attached hydrogens (tertiary/aromatic N) is 6. The molecule has 6 heteroatoms. The maximum atomic E-state index is 5.04. The van der Waals surface area contributed by atoms with Crippen LogP contribution in [0.5, 0.6) is 0 Å². The number of para-hydroxylation sites is 4.